The van der Waals surface area contributed by atoms with Crippen molar-refractivity contribution in [2.45, 2.75) is 13.3 Å². The summed E-state index contributed by atoms with van der Waals surface area (Å²) in [5.41, 5.74) is 3.19. The summed E-state index contributed by atoms with van der Waals surface area (Å²) in [7, 11) is 0. The standard InChI is InChI=1S/C17H12Cl2N4S/c1-10-2-4-11(5-3-10)16-20-21-17-23(16)22-15(24-17)8-12-6-7-13(18)9-14(12)19/h2-7,9H,8H2,1H3. The van der Waals surface area contributed by atoms with Crippen LogP contribution < -0.4 is 0 Å². The van der Waals surface area contributed by atoms with Crippen molar-refractivity contribution in [3.05, 3.63) is 68.6 Å². The Morgan fingerprint density at radius 3 is 2.58 bits per heavy atom. The van der Waals surface area contributed by atoms with Crippen LogP contribution in [0.25, 0.3) is 16.3 Å². The molecule has 0 bridgehead atoms. The molecule has 0 aliphatic carbocycles. The Bertz CT molecular complexity index is 1020. The zero-order chi connectivity index (χ0) is 16.7. The van der Waals surface area contributed by atoms with E-state index in [9.17, 15) is 0 Å². The molecule has 0 aliphatic heterocycles. The number of hydrogen-bond acceptors (Lipinski definition) is 4. The van der Waals surface area contributed by atoms with E-state index in [0.717, 1.165) is 26.9 Å². The van der Waals surface area contributed by atoms with Gasteiger partial charge < -0.3 is 0 Å². The summed E-state index contributed by atoms with van der Waals surface area (Å²) in [6.45, 7) is 2.06. The van der Waals surface area contributed by atoms with Crippen molar-refractivity contribution in [2.75, 3.05) is 0 Å². The molecule has 24 heavy (non-hydrogen) atoms. The third-order valence-electron chi connectivity index (χ3n) is 3.70. The predicted molar refractivity (Wildman–Crippen MR) is 98.1 cm³/mol. The second kappa shape index (κ2) is 6.16. The van der Waals surface area contributed by atoms with Gasteiger partial charge in [0.2, 0.25) is 4.96 Å². The van der Waals surface area contributed by atoms with Gasteiger partial charge in [-0.3, -0.25) is 0 Å². The van der Waals surface area contributed by atoms with E-state index in [1.807, 2.05) is 24.3 Å². The van der Waals surface area contributed by atoms with Crippen LogP contribution in [0.4, 0.5) is 0 Å². The molecule has 2 heterocycles. The van der Waals surface area contributed by atoms with Crippen molar-refractivity contribution in [3.63, 3.8) is 0 Å². The maximum absolute atomic E-state index is 6.25. The molecule has 0 radical (unpaired) electrons. The van der Waals surface area contributed by atoms with Gasteiger partial charge in [-0.05, 0) is 24.6 Å². The Hall–Kier alpha value is -1.95. The smallest absolute Gasteiger partial charge is 0.183 e. The first-order valence-corrected chi connectivity index (χ1v) is 8.89. The van der Waals surface area contributed by atoms with Gasteiger partial charge in [-0.2, -0.15) is 9.61 Å². The van der Waals surface area contributed by atoms with Gasteiger partial charge in [0.05, 0.1) is 0 Å². The molecule has 0 spiro atoms. The number of benzene rings is 2. The zero-order valence-corrected chi connectivity index (χ0v) is 15.0. The number of rotatable bonds is 3. The van der Waals surface area contributed by atoms with Crippen LogP contribution >= 0.6 is 34.5 Å². The fourth-order valence-corrected chi connectivity index (χ4v) is 3.77. The summed E-state index contributed by atoms with van der Waals surface area (Å²) >= 11 is 13.7. The topological polar surface area (TPSA) is 43.1 Å². The van der Waals surface area contributed by atoms with E-state index in [1.54, 1.807) is 10.6 Å². The first-order chi connectivity index (χ1) is 11.6. The zero-order valence-electron chi connectivity index (χ0n) is 12.7. The predicted octanol–water partition coefficient (Wildman–Crippen LogP) is 5.06. The lowest BCUT2D eigenvalue weighted by Crippen LogP contribution is -1.94. The molecule has 4 nitrogen and oxygen atoms in total. The molecule has 0 unspecified atom stereocenters. The summed E-state index contributed by atoms with van der Waals surface area (Å²) in [5, 5.41) is 15.3. The lowest BCUT2D eigenvalue weighted by Gasteiger charge is -2.02. The van der Waals surface area contributed by atoms with Gasteiger partial charge in [-0.1, -0.05) is 70.4 Å². The van der Waals surface area contributed by atoms with Crippen LogP contribution in [0.5, 0.6) is 0 Å². The molecule has 7 heteroatoms. The third-order valence-corrected chi connectivity index (χ3v) is 5.18. The minimum Gasteiger partial charge on any atom is -0.183 e. The molecule has 0 atom stereocenters. The summed E-state index contributed by atoms with van der Waals surface area (Å²) in [6, 6.07) is 13.7. The molecule has 0 amide bonds. The Kier molecular flexibility index (Phi) is 4.00. The first-order valence-electron chi connectivity index (χ1n) is 7.32. The van der Waals surface area contributed by atoms with Gasteiger partial charge in [0.1, 0.15) is 5.01 Å². The Morgan fingerprint density at radius 2 is 1.83 bits per heavy atom. The SMILES string of the molecule is Cc1ccc(-c2nnc3sc(Cc4ccc(Cl)cc4Cl)nn23)cc1. The van der Waals surface area contributed by atoms with Gasteiger partial charge in [0, 0.05) is 22.0 Å². The molecule has 2 aromatic carbocycles. The average molecular weight is 375 g/mol. The quantitative estimate of drug-likeness (QED) is 0.503. The van der Waals surface area contributed by atoms with Crippen LogP contribution in [-0.4, -0.2) is 19.8 Å². The van der Waals surface area contributed by atoms with Crippen LogP contribution in [0, 0.1) is 6.92 Å². The van der Waals surface area contributed by atoms with Crippen LogP contribution in [0.1, 0.15) is 16.1 Å². The maximum atomic E-state index is 6.25. The Balaban J connectivity index is 1.70. The largest absolute Gasteiger partial charge is 0.234 e. The van der Waals surface area contributed by atoms with Crippen LogP contribution in [0.15, 0.2) is 42.5 Å². The molecular formula is C17H12Cl2N4S. The van der Waals surface area contributed by atoms with Crippen molar-refractivity contribution >= 4 is 39.5 Å². The Labute approximate surface area is 152 Å². The monoisotopic (exact) mass is 374 g/mol. The van der Waals surface area contributed by atoms with E-state index < -0.39 is 0 Å². The van der Waals surface area contributed by atoms with Crippen LogP contribution in [0.2, 0.25) is 10.0 Å². The molecule has 2 aromatic heterocycles. The fourth-order valence-electron chi connectivity index (χ4n) is 2.44. The molecule has 0 saturated carbocycles. The number of hydrogen-bond donors (Lipinski definition) is 0. The highest BCUT2D eigenvalue weighted by atomic mass is 35.5. The number of halogens is 2. The summed E-state index contributed by atoms with van der Waals surface area (Å²) in [4.78, 5) is 0.769. The minimum absolute atomic E-state index is 0.628. The normalized spacial score (nSPS) is 11.3. The van der Waals surface area contributed by atoms with Crippen molar-refractivity contribution in [1.29, 1.82) is 0 Å². The van der Waals surface area contributed by atoms with E-state index in [-0.39, 0.29) is 0 Å². The number of nitrogens with zero attached hydrogens (tertiary/aromatic N) is 4. The molecule has 0 saturated heterocycles. The van der Waals surface area contributed by atoms with Crippen LogP contribution in [-0.2, 0) is 6.42 Å². The number of aromatic nitrogens is 4. The molecule has 4 aromatic rings. The molecule has 0 fully saturated rings. The molecule has 120 valence electrons. The fraction of sp³-hybridized carbons (Fsp3) is 0.118. The lowest BCUT2D eigenvalue weighted by molar-refractivity contribution is 0.918. The molecule has 4 rings (SSSR count). The summed E-state index contributed by atoms with van der Waals surface area (Å²) < 4.78 is 1.79. The second-order valence-corrected chi connectivity index (χ2v) is 7.38. The van der Waals surface area contributed by atoms with Crippen molar-refractivity contribution in [1.82, 2.24) is 19.8 Å². The summed E-state index contributed by atoms with van der Waals surface area (Å²) in [6.07, 6.45) is 0.636. The minimum atomic E-state index is 0.628. The Morgan fingerprint density at radius 1 is 1.04 bits per heavy atom. The van der Waals surface area contributed by atoms with Gasteiger partial charge in [-0.25, -0.2) is 0 Å². The van der Waals surface area contributed by atoms with Crippen LogP contribution in [0.3, 0.4) is 0 Å². The maximum Gasteiger partial charge on any atom is 0.234 e. The van der Waals surface area contributed by atoms with E-state index in [2.05, 4.69) is 34.4 Å². The average Bonchev–Trinajstić information content (AvgIpc) is 3.11. The highest BCUT2D eigenvalue weighted by Gasteiger charge is 2.14. The van der Waals surface area contributed by atoms with Gasteiger partial charge in [0.15, 0.2) is 5.82 Å². The van der Waals surface area contributed by atoms with Gasteiger partial charge in [-0.15, -0.1) is 10.2 Å². The van der Waals surface area contributed by atoms with E-state index in [4.69, 9.17) is 23.2 Å². The van der Waals surface area contributed by atoms with E-state index in [1.165, 1.54) is 16.9 Å². The van der Waals surface area contributed by atoms with Gasteiger partial charge >= 0.3 is 0 Å². The van der Waals surface area contributed by atoms with E-state index in [0.29, 0.717) is 16.5 Å². The lowest BCUT2D eigenvalue weighted by atomic mass is 10.1. The number of fused-ring (bicyclic) bond motifs is 1. The number of aryl methyl sites for hydroxylation is 1. The van der Waals surface area contributed by atoms with Gasteiger partial charge in [0.25, 0.3) is 0 Å². The summed E-state index contributed by atoms with van der Waals surface area (Å²) in [5.74, 6) is 0.745. The molecule has 0 aliphatic rings. The van der Waals surface area contributed by atoms with Crippen molar-refractivity contribution < 1.29 is 0 Å². The van der Waals surface area contributed by atoms with Crippen molar-refractivity contribution in [3.8, 4) is 11.4 Å². The molecular weight excluding hydrogens is 363 g/mol. The second-order valence-electron chi connectivity index (χ2n) is 5.49. The molecule has 0 N–H and O–H groups in total. The van der Waals surface area contributed by atoms with Crippen molar-refractivity contribution in [2.24, 2.45) is 0 Å². The highest BCUT2D eigenvalue weighted by molar-refractivity contribution is 7.16. The third kappa shape index (κ3) is 2.90. The first kappa shape index (κ1) is 15.6. The highest BCUT2D eigenvalue weighted by Crippen LogP contribution is 2.27. The van der Waals surface area contributed by atoms with E-state index >= 15 is 0 Å².